The van der Waals surface area contributed by atoms with Crippen molar-refractivity contribution in [2.45, 2.75) is 24.2 Å². The average Bonchev–Trinajstić information content (AvgIpc) is 2.85. The Labute approximate surface area is 187 Å². The zero-order valence-electron chi connectivity index (χ0n) is 17.5. The van der Waals surface area contributed by atoms with Gasteiger partial charge in [0.05, 0.1) is 15.9 Å². The van der Waals surface area contributed by atoms with Gasteiger partial charge in [0.25, 0.3) is 0 Å². The molecule has 8 heteroatoms. The van der Waals surface area contributed by atoms with Crippen molar-refractivity contribution in [3.63, 3.8) is 0 Å². The van der Waals surface area contributed by atoms with Crippen LogP contribution in [-0.4, -0.2) is 40.8 Å². The second-order valence-electron chi connectivity index (χ2n) is 7.78. The van der Waals surface area contributed by atoms with Gasteiger partial charge >= 0.3 is 0 Å². The second kappa shape index (κ2) is 8.64. The van der Waals surface area contributed by atoms with Gasteiger partial charge in [0.2, 0.25) is 10.0 Å². The molecule has 0 radical (unpaired) electrons. The minimum atomic E-state index is -3.50. The predicted octanol–water partition coefficient (Wildman–Crippen LogP) is 4.61. The Kier molecular flexibility index (Phi) is 5.55. The fourth-order valence-electron chi connectivity index (χ4n) is 4.00. The van der Waals surface area contributed by atoms with Crippen molar-refractivity contribution in [2.24, 2.45) is 0 Å². The molecule has 0 atom stereocenters. The van der Waals surface area contributed by atoms with Gasteiger partial charge in [-0.05, 0) is 66.9 Å². The molecule has 1 saturated heterocycles. The number of anilines is 2. The van der Waals surface area contributed by atoms with Crippen LogP contribution in [0, 0.1) is 0 Å². The standard InChI is InChI=1S/C24H23N5O2S/c30-32(31,29-15-2-1-3-16-29)20-6-4-5-19(17-20)27-23-8-7-22-24(28-23)21(11-14-26-22)18-9-12-25-13-10-18/h4-14,17H,1-3,15-16H2,(H,27,28). The lowest BCUT2D eigenvalue weighted by Crippen LogP contribution is -2.35. The first-order valence-electron chi connectivity index (χ1n) is 10.6. The lowest BCUT2D eigenvalue weighted by Gasteiger charge is -2.26. The maximum absolute atomic E-state index is 13.0. The third-order valence-electron chi connectivity index (χ3n) is 5.63. The first-order chi connectivity index (χ1) is 15.6. The van der Waals surface area contributed by atoms with Crippen LogP contribution in [0.25, 0.3) is 22.2 Å². The van der Waals surface area contributed by atoms with Gasteiger partial charge in [-0.3, -0.25) is 9.97 Å². The lowest BCUT2D eigenvalue weighted by atomic mass is 10.1. The average molecular weight is 446 g/mol. The Morgan fingerprint density at radius 1 is 0.875 bits per heavy atom. The number of piperidine rings is 1. The van der Waals surface area contributed by atoms with E-state index >= 15 is 0 Å². The van der Waals surface area contributed by atoms with Gasteiger partial charge in [-0.2, -0.15) is 4.31 Å². The van der Waals surface area contributed by atoms with E-state index in [1.54, 1.807) is 41.1 Å². The Morgan fingerprint density at radius 2 is 1.69 bits per heavy atom. The zero-order chi connectivity index (χ0) is 22.0. The molecule has 0 spiro atoms. The Bertz CT molecular complexity index is 1350. The molecule has 7 nitrogen and oxygen atoms in total. The molecular weight excluding hydrogens is 422 g/mol. The topological polar surface area (TPSA) is 88.1 Å². The third-order valence-corrected chi connectivity index (χ3v) is 7.53. The molecule has 4 aromatic rings. The summed E-state index contributed by atoms with van der Waals surface area (Å²) in [5, 5.41) is 3.26. The fourth-order valence-corrected chi connectivity index (χ4v) is 5.56. The number of sulfonamides is 1. The van der Waals surface area contributed by atoms with Crippen LogP contribution in [0.15, 0.2) is 78.1 Å². The molecule has 0 bridgehead atoms. The third kappa shape index (κ3) is 4.06. The summed E-state index contributed by atoms with van der Waals surface area (Å²) in [6.45, 7) is 1.16. The van der Waals surface area contributed by atoms with Gasteiger partial charge in [-0.15, -0.1) is 0 Å². The van der Waals surface area contributed by atoms with Crippen LogP contribution < -0.4 is 5.32 Å². The van der Waals surface area contributed by atoms with Crippen molar-refractivity contribution in [3.05, 3.63) is 73.2 Å². The molecule has 1 fully saturated rings. The highest BCUT2D eigenvalue weighted by atomic mass is 32.2. The van der Waals surface area contributed by atoms with Crippen LogP contribution in [0.5, 0.6) is 0 Å². The summed E-state index contributed by atoms with van der Waals surface area (Å²) in [5.41, 5.74) is 4.19. The highest BCUT2D eigenvalue weighted by Gasteiger charge is 2.26. The zero-order valence-corrected chi connectivity index (χ0v) is 18.3. The first-order valence-corrected chi connectivity index (χ1v) is 12.1. The molecule has 32 heavy (non-hydrogen) atoms. The van der Waals surface area contributed by atoms with Crippen molar-refractivity contribution in [1.29, 1.82) is 0 Å². The van der Waals surface area contributed by atoms with Crippen LogP contribution in [0.3, 0.4) is 0 Å². The van der Waals surface area contributed by atoms with E-state index in [4.69, 9.17) is 4.98 Å². The maximum atomic E-state index is 13.0. The van der Waals surface area contributed by atoms with Gasteiger partial charge in [0, 0.05) is 42.9 Å². The molecule has 1 aromatic carbocycles. The smallest absolute Gasteiger partial charge is 0.243 e. The van der Waals surface area contributed by atoms with Gasteiger partial charge in [-0.1, -0.05) is 12.5 Å². The van der Waals surface area contributed by atoms with Crippen LogP contribution in [0.2, 0.25) is 0 Å². The Balaban J connectivity index is 1.47. The number of aromatic nitrogens is 3. The van der Waals surface area contributed by atoms with Crippen LogP contribution in [-0.2, 0) is 10.0 Å². The lowest BCUT2D eigenvalue weighted by molar-refractivity contribution is 0.346. The van der Waals surface area contributed by atoms with E-state index in [2.05, 4.69) is 15.3 Å². The highest BCUT2D eigenvalue weighted by molar-refractivity contribution is 7.89. The monoisotopic (exact) mass is 445 g/mol. The SMILES string of the molecule is O=S(=O)(c1cccc(Nc2ccc3nccc(-c4ccncc4)c3n2)c1)N1CCCCC1. The number of fused-ring (bicyclic) bond motifs is 1. The van der Waals surface area contributed by atoms with E-state index in [9.17, 15) is 8.42 Å². The summed E-state index contributed by atoms with van der Waals surface area (Å²) in [5.74, 6) is 0.619. The summed E-state index contributed by atoms with van der Waals surface area (Å²) in [4.78, 5) is 13.6. The van der Waals surface area contributed by atoms with E-state index in [1.807, 2.05) is 36.4 Å². The molecule has 1 N–H and O–H groups in total. The molecule has 5 rings (SSSR count). The van der Waals surface area contributed by atoms with Crippen molar-refractivity contribution in [2.75, 3.05) is 18.4 Å². The number of hydrogen-bond donors (Lipinski definition) is 1. The molecule has 0 aliphatic carbocycles. The van der Waals surface area contributed by atoms with E-state index in [0.717, 1.165) is 41.4 Å². The summed E-state index contributed by atoms with van der Waals surface area (Å²) >= 11 is 0. The number of rotatable bonds is 5. The number of hydrogen-bond acceptors (Lipinski definition) is 6. The van der Waals surface area contributed by atoms with Gasteiger partial charge in [0.15, 0.2) is 0 Å². The minimum absolute atomic E-state index is 0.296. The van der Waals surface area contributed by atoms with E-state index in [-0.39, 0.29) is 0 Å². The number of nitrogens with zero attached hydrogens (tertiary/aromatic N) is 4. The normalized spacial score (nSPS) is 15.0. The number of benzene rings is 1. The summed E-state index contributed by atoms with van der Waals surface area (Å²) in [7, 11) is -3.50. The van der Waals surface area contributed by atoms with Crippen LogP contribution in [0.1, 0.15) is 19.3 Å². The molecule has 0 saturated carbocycles. The van der Waals surface area contributed by atoms with E-state index in [1.165, 1.54) is 0 Å². The summed E-state index contributed by atoms with van der Waals surface area (Å²) in [6.07, 6.45) is 8.16. The molecule has 162 valence electrons. The molecule has 0 amide bonds. The van der Waals surface area contributed by atoms with Gasteiger partial charge in [-0.25, -0.2) is 13.4 Å². The molecular formula is C24H23N5O2S. The van der Waals surface area contributed by atoms with Gasteiger partial charge < -0.3 is 5.32 Å². The maximum Gasteiger partial charge on any atom is 0.243 e. The summed E-state index contributed by atoms with van der Waals surface area (Å²) < 4.78 is 27.7. The number of nitrogens with one attached hydrogen (secondary N) is 1. The largest absolute Gasteiger partial charge is 0.340 e. The Hall–Kier alpha value is -3.36. The van der Waals surface area contributed by atoms with Crippen molar-refractivity contribution in [3.8, 4) is 11.1 Å². The fraction of sp³-hybridized carbons (Fsp3) is 0.208. The minimum Gasteiger partial charge on any atom is -0.340 e. The van der Waals surface area contributed by atoms with Crippen LogP contribution in [0.4, 0.5) is 11.5 Å². The predicted molar refractivity (Wildman–Crippen MR) is 125 cm³/mol. The first kappa shape index (κ1) is 20.5. The van der Waals surface area contributed by atoms with Crippen molar-refractivity contribution >= 4 is 32.6 Å². The molecule has 4 heterocycles. The summed E-state index contributed by atoms with van der Waals surface area (Å²) in [6, 6.07) is 16.5. The van der Waals surface area contributed by atoms with Crippen molar-refractivity contribution in [1.82, 2.24) is 19.3 Å². The second-order valence-corrected chi connectivity index (χ2v) is 9.71. The van der Waals surface area contributed by atoms with Crippen molar-refractivity contribution < 1.29 is 8.42 Å². The van der Waals surface area contributed by atoms with E-state index < -0.39 is 10.0 Å². The molecule has 0 unspecified atom stereocenters. The quantitative estimate of drug-likeness (QED) is 0.483. The molecule has 1 aliphatic heterocycles. The van der Waals surface area contributed by atoms with E-state index in [0.29, 0.717) is 29.5 Å². The molecule has 3 aromatic heterocycles. The van der Waals surface area contributed by atoms with Crippen LogP contribution >= 0.6 is 0 Å². The Morgan fingerprint density at radius 3 is 2.50 bits per heavy atom. The van der Waals surface area contributed by atoms with Gasteiger partial charge in [0.1, 0.15) is 5.82 Å². The number of pyridine rings is 3. The highest BCUT2D eigenvalue weighted by Crippen LogP contribution is 2.28. The molecule has 1 aliphatic rings.